The predicted octanol–water partition coefficient (Wildman–Crippen LogP) is -0.0675. The molecule has 19 heavy (non-hydrogen) atoms. The van der Waals surface area contributed by atoms with Crippen LogP contribution in [-0.2, 0) is 9.53 Å². The van der Waals surface area contributed by atoms with Crippen LogP contribution in [0.15, 0.2) is 23.3 Å². The largest absolute Gasteiger partial charge is 1.00 e. The number of hydrogen-bond acceptors (Lipinski definition) is 2. The lowest BCUT2D eigenvalue weighted by atomic mass is 10.1. The van der Waals surface area contributed by atoms with Gasteiger partial charge in [-0.15, -0.1) is 0 Å². The molecule has 0 rings (SSSR count). The highest BCUT2D eigenvalue weighted by Gasteiger charge is 2.14. The first-order valence-corrected chi connectivity index (χ1v) is 6.46. The minimum absolute atomic E-state index is 0. The average molecular weight is 290 g/mol. The summed E-state index contributed by atoms with van der Waals surface area (Å²) in [7, 11) is 5.92. The van der Waals surface area contributed by atoms with E-state index in [1.807, 2.05) is 27.2 Å². The molecule has 0 spiro atoms. The second kappa shape index (κ2) is 10.0. The van der Waals surface area contributed by atoms with E-state index in [0.29, 0.717) is 17.6 Å². The fourth-order valence-corrected chi connectivity index (χ4v) is 1.40. The van der Waals surface area contributed by atoms with Crippen molar-refractivity contribution in [2.75, 3.05) is 34.3 Å². The van der Waals surface area contributed by atoms with E-state index < -0.39 is 0 Å². The lowest BCUT2D eigenvalue weighted by Crippen LogP contribution is -3.00. The van der Waals surface area contributed by atoms with Crippen LogP contribution in [0.2, 0.25) is 0 Å². The third-order valence-electron chi connectivity index (χ3n) is 2.37. The number of carbonyl (C=O) groups excluding carboxylic acids is 1. The van der Waals surface area contributed by atoms with Gasteiger partial charge in [-0.2, -0.15) is 0 Å². The van der Waals surface area contributed by atoms with Gasteiger partial charge in [0.2, 0.25) is 0 Å². The molecule has 0 unspecified atom stereocenters. The Balaban J connectivity index is 0. The molecule has 112 valence electrons. The van der Waals surface area contributed by atoms with Crippen molar-refractivity contribution in [3.8, 4) is 0 Å². The van der Waals surface area contributed by atoms with Crippen LogP contribution in [0.3, 0.4) is 0 Å². The van der Waals surface area contributed by atoms with Crippen molar-refractivity contribution in [2.45, 2.75) is 33.6 Å². The summed E-state index contributed by atoms with van der Waals surface area (Å²) in [5.74, 6) is -0.143. The van der Waals surface area contributed by atoms with Crippen LogP contribution >= 0.6 is 0 Å². The molecular formula is C15H28ClNO2. The number of nitrogens with zero attached hydrogens (tertiary/aromatic N) is 1. The Hall–Kier alpha value is -0.800. The lowest BCUT2D eigenvalue weighted by molar-refractivity contribution is -0.862. The van der Waals surface area contributed by atoms with Gasteiger partial charge in [0.15, 0.2) is 6.54 Å². The third kappa shape index (κ3) is 15.1. The van der Waals surface area contributed by atoms with Crippen molar-refractivity contribution < 1.29 is 26.4 Å². The number of rotatable bonds is 7. The molecular weight excluding hydrogens is 262 g/mol. The number of hydrogen-bond donors (Lipinski definition) is 0. The Labute approximate surface area is 124 Å². The summed E-state index contributed by atoms with van der Waals surface area (Å²) in [6.07, 6.45) is 6.29. The smallest absolute Gasteiger partial charge is 0.362 e. The fraction of sp³-hybridized carbons (Fsp3) is 0.667. The average Bonchev–Trinajstić information content (AvgIpc) is 2.13. The predicted molar refractivity (Wildman–Crippen MR) is 76.3 cm³/mol. The number of likely N-dealkylation sites (N-methyl/N-ethyl adjacent to an activating group) is 1. The Morgan fingerprint density at radius 2 is 1.68 bits per heavy atom. The molecule has 0 amide bonds. The van der Waals surface area contributed by atoms with E-state index >= 15 is 0 Å². The Morgan fingerprint density at radius 3 is 2.16 bits per heavy atom. The first kappa shape index (κ1) is 20.5. The van der Waals surface area contributed by atoms with Crippen LogP contribution in [0.4, 0.5) is 0 Å². The minimum atomic E-state index is -0.143. The molecule has 0 atom stereocenters. The maximum absolute atomic E-state index is 11.5. The number of esters is 1. The van der Waals surface area contributed by atoms with Gasteiger partial charge in [0, 0.05) is 0 Å². The number of allylic oxidation sites excluding steroid dienone is 3. The lowest BCUT2D eigenvalue weighted by Gasteiger charge is -2.22. The summed E-state index contributed by atoms with van der Waals surface area (Å²) in [6, 6.07) is 0. The van der Waals surface area contributed by atoms with Crippen molar-refractivity contribution in [2.24, 2.45) is 0 Å². The molecule has 0 aromatic rings. The minimum Gasteiger partial charge on any atom is -1.00 e. The molecule has 0 aliphatic carbocycles. The second-order valence-corrected chi connectivity index (χ2v) is 6.00. The quantitative estimate of drug-likeness (QED) is 0.373. The molecule has 0 aromatic carbocycles. The Morgan fingerprint density at radius 1 is 1.11 bits per heavy atom. The van der Waals surface area contributed by atoms with E-state index in [0.717, 1.165) is 12.8 Å². The highest BCUT2D eigenvalue weighted by Crippen LogP contribution is 2.06. The van der Waals surface area contributed by atoms with Crippen molar-refractivity contribution >= 4 is 5.97 Å². The van der Waals surface area contributed by atoms with Gasteiger partial charge in [0.1, 0.15) is 6.61 Å². The molecule has 0 fully saturated rings. The van der Waals surface area contributed by atoms with E-state index in [9.17, 15) is 4.79 Å². The van der Waals surface area contributed by atoms with E-state index in [1.165, 1.54) is 11.1 Å². The molecule has 0 bridgehead atoms. The van der Waals surface area contributed by atoms with Crippen molar-refractivity contribution in [1.29, 1.82) is 0 Å². The zero-order valence-electron chi connectivity index (χ0n) is 13.1. The van der Waals surface area contributed by atoms with Gasteiger partial charge < -0.3 is 21.6 Å². The van der Waals surface area contributed by atoms with E-state index in [-0.39, 0.29) is 18.4 Å². The highest BCUT2D eigenvalue weighted by atomic mass is 35.5. The number of quaternary nitrogens is 1. The SMILES string of the molecule is CC(C)=CCC/C(C)=C/COC(=O)C[N+](C)(C)C.[Cl-]. The number of carbonyl (C=O) groups is 1. The summed E-state index contributed by atoms with van der Waals surface area (Å²) >= 11 is 0. The molecule has 0 saturated carbocycles. The fourth-order valence-electron chi connectivity index (χ4n) is 1.40. The molecule has 0 radical (unpaired) electrons. The molecule has 0 aliphatic heterocycles. The summed E-state index contributed by atoms with van der Waals surface area (Å²) in [5, 5.41) is 0. The molecule has 0 heterocycles. The van der Waals surface area contributed by atoms with Crippen molar-refractivity contribution in [1.82, 2.24) is 0 Å². The maximum atomic E-state index is 11.5. The second-order valence-electron chi connectivity index (χ2n) is 6.00. The van der Waals surface area contributed by atoms with Gasteiger partial charge in [-0.05, 0) is 39.7 Å². The van der Waals surface area contributed by atoms with E-state index in [2.05, 4.69) is 26.8 Å². The summed E-state index contributed by atoms with van der Waals surface area (Å²) in [4.78, 5) is 11.5. The first-order chi connectivity index (χ1) is 8.20. The van der Waals surface area contributed by atoms with Crippen molar-refractivity contribution in [3.63, 3.8) is 0 Å². The van der Waals surface area contributed by atoms with Crippen LogP contribution in [0.5, 0.6) is 0 Å². The molecule has 4 heteroatoms. The van der Waals surface area contributed by atoms with Crippen LogP contribution in [0.1, 0.15) is 33.6 Å². The number of ether oxygens (including phenoxy) is 1. The molecule has 0 aromatic heterocycles. The summed E-state index contributed by atoms with van der Waals surface area (Å²) < 4.78 is 5.77. The topological polar surface area (TPSA) is 26.3 Å². The van der Waals surface area contributed by atoms with Crippen molar-refractivity contribution in [3.05, 3.63) is 23.3 Å². The van der Waals surface area contributed by atoms with Gasteiger partial charge in [-0.3, -0.25) is 0 Å². The Kier molecular flexibility index (Phi) is 10.8. The van der Waals surface area contributed by atoms with Crippen LogP contribution in [0, 0.1) is 0 Å². The van der Waals surface area contributed by atoms with E-state index in [4.69, 9.17) is 4.74 Å². The van der Waals surface area contributed by atoms with Gasteiger partial charge in [-0.25, -0.2) is 4.79 Å². The molecule has 0 aliphatic rings. The zero-order chi connectivity index (χ0) is 14.2. The van der Waals surface area contributed by atoms with Gasteiger partial charge in [0.25, 0.3) is 0 Å². The monoisotopic (exact) mass is 289 g/mol. The van der Waals surface area contributed by atoms with Crippen LogP contribution in [-0.4, -0.2) is 44.7 Å². The van der Waals surface area contributed by atoms with Gasteiger partial charge in [0.05, 0.1) is 21.1 Å². The van der Waals surface area contributed by atoms with Gasteiger partial charge in [-0.1, -0.05) is 17.2 Å². The molecule has 0 saturated heterocycles. The van der Waals surface area contributed by atoms with E-state index in [1.54, 1.807) is 0 Å². The Bertz CT molecular complexity index is 324. The molecule has 0 N–H and O–H groups in total. The third-order valence-corrected chi connectivity index (χ3v) is 2.37. The van der Waals surface area contributed by atoms with Gasteiger partial charge >= 0.3 is 5.97 Å². The highest BCUT2D eigenvalue weighted by molar-refractivity contribution is 5.70. The van der Waals surface area contributed by atoms with Crippen LogP contribution in [0.25, 0.3) is 0 Å². The molecule has 3 nitrogen and oxygen atoms in total. The summed E-state index contributed by atoms with van der Waals surface area (Å²) in [6.45, 7) is 7.08. The zero-order valence-corrected chi connectivity index (χ0v) is 13.9. The summed E-state index contributed by atoms with van der Waals surface area (Å²) in [5.41, 5.74) is 2.61. The number of halogens is 1. The first-order valence-electron chi connectivity index (χ1n) is 6.46. The maximum Gasteiger partial charge on any atom is 0.362 e. The normalized spacial score (nSPS) is 11.6. The van der Waals surface area contributed by atoms with Crippen LogP contribution < -0.4 is 12.4 Å². The standard InChI is InChI=1S/C15H28NO2.ClH/c1-13(2)8-7-9-14(3)10-11-18-15(17)12-16(4,5)6;/h8,10H,7,9,11-12H2,1-6H3;1H/q+1;/p-1/b14-10+;.